The van der Waals surface area contributed by atoms with Gasteiger partial charge < -0.3 is 14.6 Å². The van der Waals surface area contributed by atoms with Crippen molar-refractivity contribution in [3.63, 3.8) is 0 Å². The van der Waals surface area contributed by atoms with Crippen molar-refractivity contribution in [2.45, 2.75) is 19.8 Å². The molecule has 20 heavy (non-hydrogen) atoms. The molecule has 0 aromatic carbocycles. The molecule has 0 spiro atoms. The van der Waals surface area contributed by atoms with Crippen LogP contribution in [0, 0.1) is 6.92 Å². The molecule has 1 aliphatic rings. The Hall–Kier alpha value is -1.40. The molecule has 0 aliphatic carbocycles. The fourth-order valence-corrected chi connectivity index (χ4v) is 2.62. The first-order chi connectivity index (χ1) is 9.63. The molecular formula is C14H24N4O2. The van der Waals surface area contributed by atoms with Gasteiger partial charge in [0.1, 0.15) is 5.69 Å². The number of carbonyl (C=O) groups is 1. The number of aromatic nitrogens is 2. The predicted octanol–water partition coefficient (Wildman–Crippen LogP) is 0.259. The topological polar surface area (TPSA) is 61.6 Å². The van der Waals surface area contributed by atoms with Crippen LogP contribution in [-0.4, -0.2) is 69.7 Å². The third kappa shape index (κ3) is 3.37. The van der Waals surface area contributed by atoms with Gasteiger partial charge in [-0.05, 0) is 26.3 Å². The number of amides is 1. The molecular weight excluding hydrogens is 256 g/mol. The highest BCUT2D eigenvalue weighted by Gasteiger charge is 2.24. The Labute approximate surface area is 120 Å². The summed E-state index contributed by atoms with van der Waals surface area (Å²) in [7, 11) is 1.86. The molecule has 1 saturated heterocycles. The van der Waals surface area contributed by atoms with Crippen LogP contribution >= 0.6 is 0 Å². The molecule has 1 N–H and O–H groups in total. The zero-order valence-electron chi connectivity index (χ0n) is 12.4. The molecule has 0 saturated carbocycles. The first-order valence-electron chi connectivity index (χ1n) is 7.24. The minimum Gasteiger partial charge on any atom is -0.396 e. The summed E-state index contributed by atoms with van der Waals surface area (Å²) in [5.41, 5.74) is 1.49. The van der Waals surface area contributed by atoms with Crippen molar-refractivity contribution < 1.29 is 9.90 Å². The fraction of sp³-hybridized carbons (Fsp3) is 0.714. The zero-order valence-corrected chi connectivity index (χ0v) is 12.4. The Balaban J connectivity index is 1.86. The maximum absolute atomic E-state index is 12.5. The summed E-state index contributed by atoms with van der Waals surface area (Å²) in [6.07, 6.45) is 3.56. The van der Waals surface area contributed by atoms with Gasteiger partial charge in [0.2, 0.25) is 0 Å². The molecule has 0 atom stereocenters. The van der Waals surface area contributed by atoms with Crippen molar-refractivity contribution in [1.82, 2.24) is 19.4 Å². The lowest BCUT2D eigenvalue weighted by atomic mass is 10.2. The summed E-state index contributed by atoms with van der Waals surface area (Å²) in [6, 6.07) is 0. The molecule has 6 nitrogen and oxygen atoms in total. The van der Waals surface area contributed by atoms with Gasteiger partial charge >= 0.3 is 0 Å². The second-order valence-electron chi connectivity index (χ2n) is 5.35. The number of aliphatic hydroxyl groups excluding tert-OH is 1. The van der Waals surface area contributed by atoms with Crippen LogP contribution in [0.15, 0.2) is 6.33 Å². The van der Waals surface area contributed by atoms with E-state index in [-0.39, 0.29) is 12.5 Å². The number of hydrogen-bond acceptors (Lipinski definition) is 4. The molecule has 1 fully saturated rings. The summed E-state index contributed by atoms with van der Waals surface area (Å²) in [5.74, 6) is 0.0810. The zero-order chi connectivity index (χ0) is 14.5. The fourth-order valence-electron chi connectivity index (χ4n) is 2.62. The van der Waals surface area contributed by atoms with Crippen LogP contribution in [-0.2, 0) is 7.05 Å². The largest absolute Gasteiger partial charge is 0.396 e. The normalized spacial score (nSPS) is 16.6. The van der Waals surface area contributed by atoms with Crippen LogP contribution < -0.4 is 0 Å². The van der Waals surface area contributed by atoms with Gasteiger partial charge in [0, 0.05) is 39.8 Å². The second kappa shape index (κ2) is 6.85. The number of hydrogen-bond donors (Lipinski definition) is 1. The average molecular weight is 280 g/mol. The van der Waals surface area contributed by atoms with Crippen molar-refractivity contribution in [3.05, 3.63) is 17.7 Å². The quantitative estimate of drug-likeness (QED) is 0.786. The van der Waals surface area contributed by atoms with Crippen molar-refractivity contribution in [2.24, 2.45) is 7.05 Å². The number of aryl methyl sites for hydroxylation is 2. The summed E-state index contributed by atoms with van der Waals surface area (Å²) < 4.78 is 1.80. The van der Waals surface area contributed by atoms with Gasteiger partial charge in [0.25, 0.3) is 5.91 Å². The molecule has 2 rings (SSSR count). The van der Waals surface area contributed by atoms with Crippen LogP contribution in [0.3, 0.4) is 0 Å². The maximum Gasteiger partial charge on any atom is 0.272 e. The van der Waals surface area contributed by atoms with E-state index < -0.39 is 0 Å². The lowest BCUT2D eigenvalue weighted by molar-refractivity contribution is 0.0624. The summed E-state index contributed by atoms with van der Waals surface area (Å²) in [6.45, 7) is 6.50. The van der Waals surface area contributed by atoms with Gasteiger partial charge in [-0.15, -0.1) is 0 Å². The van der Waals surface area contributed by atoms with E-state index in [1.807, 2.05) is 18.9 Å². The van der Waals surface area contributed by atoms with E-state index in [0.717, 1.165) is 51.3 Å². The SMILES string of the molecule is Cc1ncn(C)c1C(=O)N1CCN(CCCCO)CC1. The Morgan fingerprint density at radius 2 is 2.00 bits per heavy atom. The number of rotatable bonds is 5. The minimum absolute atomic E-state index is 0.0810. The lowest BCUT2D eigenvalue weighted by Crippen LogP contribution is -2.49. The van der Waals surface area contributed by atoms with Gasteiger partial charge in [-0.1, -0.05) is 0 Å². The van der Waals surface area contributed by atoms with Gasteiger partial charge in [0.05, 0.1) is 12.0 Å². The number of unbranched alkanes of at least 4 members (excludes halogenated alkanes) is 1. The molecule has 1 aromatic heterocycles. The van der Waals surface area contributed by atoms with E-state index in [9.17, 15) is 4.79 Å². The van der Waals surface area contributed by atoms with Crippen molar-refractivity contribution in [1.29, 1.82) is 0 Å². The van der Waals surface area contributed by atoms with E-state index in [0.29, 0.717) is 5.69 Å². The highest BCUT2D eigenvalue weighted by molar-refractivity contribution is 5.93. The Morgan fingerprint density at radius 1 is 1.30 bits per heavy atom. The average Bonchev–Trinajstić information content (AvgIpc) is 2.78. The molecule has 2 heterocycles. The second-order valence-corrected chi connectivity index (χ2v) is 5.35. The summed E-state index contributed by atoms with van der Waals surface area (Å²) >= 11 is 0. The molecule has 6 heteroatoms. The van der Waals surface area contributed by atoms with Gasteiger partial charge in [0.15, 0.2) is 0 Å². The van der Waals surface area contributed by atoms with Crippen LogP contribution in [0.4, 0.5) is 0 Å². The first kappa shape index (κ1) is 15.0. The van der Waals surface area contributed by atoms with E-state index in [1.54, 1.807) is 10.9 Å². The molecule has 1 aliphatic heterocycles. The number of piperazine rings is 1. The Morgan fingerprint density at radius 3 is 2.55 bits per heavy atom. The van der Waals surface area contributed by atoms with Gasteiger partial charge in [-0.3, -0.25) is 9.69 Å². The van der Waals surface area contributed by atoms with Gasteiger partial charge in [-0.2, -0.15) is 0 Å². The molecule has 0 bridgehead atoms. The van der Waals surface area contributed by atoms with Crippen molar-refractivity contribution in [2.75, 3.05) is 39.3 Å². The highest BCUT2D eigenvalue weighted by Crippen LogP contribution is 2.11. The molecule has 1 aromatic rings. The van der Waals surface area contributed by atoms with Gasteiger partial charge in [-0.25, -0.2) is 4.98 Å². The third-order valence-electron chi connectivity index (χ3n) is 3.86. The van der Waals surface area contributed by atoms with E-state index >= 15 is 0 Å². The third-order valence-corrected chi connectivity index (χ3v) is 3.86. The summed E-state index contributed by atoms with van der Waals surface area (Å²) in [5, 5.41) is 8.79. The van der Waals surface area contributed by atoms with E-state index in [1.165, 1.54) is 0 Å². The van der Waals surface area contributed by atoms with Crippen molar-refractivity contribution >= 4 is 5.91 Å². The van der Waals surface area contributed by atoms with E-state index in [2.05, 4.69) is 9.88 Å². The number of nitrogens with zero attached hydrogens (tertiary/aromatic N) is 4. The molecule has 1 amide bonds. The minimum atomic E-state index is 0.0810. The van der Waals surface area contributed by atoms with Crippen LogP contribution in [0.25, 0.3) is 0 Å². The van der Waals surface area contributed by atoms with Crippen LogP contribution in [0.2, 0.25) is 0 Å². The Bertz CT molecular complexity index is 431. The highest BCUT2D eigenvalue weighted by atomic mass is 16.2. The standard InChI is InChI=1S/C14H24N4O2/c1-12-13(16(2)11-15-12)14(20)18-8-6-17(7-9-18)5-3-4-10-19/h11,19H,3-10H2,1-2H3. The smallest absolute Gasteiger partial charge is 0.272 e. The van der Waals surface area contributed by atoms with Crippen molar-refractivity contribution in [3.8, 4) is 0 Å². The summed E-state index contributed by atoms with van der Waals surface area (Å²) in [4.78, 5) is 20.9. The number of imidazole rings is 1. The maximum atomic E-state index is 12.5. The lowest BCUT2D eigenvalue weighted by Gasteiger charge is -2.34. The van der Waals surface area contributed by atoms with Crippen LogP contribution in [0.5, 0.6) is 0 Å². The molecule has 0 radical (unpaired) electrons. The Kier molecular flexibility index (Phi) is 5.14. The van der Waals surface area contributed by atoms with E-state index in [4.69, 9.17) is 5.11 Å². The first-order valence-corrected chi connectivity index (χ1v) is 7.24. The molecule has 0 unspecified atom stereocenters. The number of aliphatic hydroxyl groups is 1. The monoisotopic (exact) mass is 280 g/mol. The van der Waals surface area contributed by atoms with Crippen LogP contribution in [0.1, 0.15) is 29.0 Å². The number of carbonyl (C=O) groups excluding carboxylic acids is 1. The molecule has 112 valence electrons. The predicted molar refractivity (Wildman–Crippen MR) is 76.6 cm³/mol.